The van der Waals surface area contributed by atoms with Crippen LogP contribution in [-0.2, 0) is 0 Å². The molecule has 120 valence electrons. The average Bonchev–Trinajstić information content (AvgIpc) is 2.62. The summed E-state index contributed by atoms with van der Waals surface area (Å²) in [5, 5.41) is 0. The molecule has 0 bridgehead atoms. The number of hydrogen-bond donors (Lipinski definition) is 0. The maximum Gasteiger partial charge on any atom is 0.159 e. The van der Waals surface area contributed by atoms with Crippen LogP contribution >= 0.6 is 15.9 Å². The quantitative estimate of drug-likeness (QED) is 0.252. The van der Waals surface area contributed by atoms with Gasteiger partial charge in [0.05, 0.1) is 5.70 Å². The SMILES string of the molecule is C=CC/C(C=C)=C(\N=C(N=C)c1cccc(Br)c1)c1ccccc1. The molecular formula is C21H19BrN2. The Morgan fingerprint density at radius 3 is 2.29 bits per heavy atom. The lowest BCUT2D eigenvalue weighted by molar-refractivity contribution is 1.27. The monoisotopic (exact) mass is 378 g/mol. The van der Waals surface area contributed by atoms with Gasteiger partial charge in [-0.3, -0.25) is 0 Å². The molecule has 0 aliphatic rings. The number of nitrogens with zero attached hydrogens (tertiary/aromatic N) is 2. The molecule has 2 rings (SSSR count). The molecule has 0 fully saturated rings. The fraction of sp³-hybridized carbons (Fsp3) is 0.0476. The highest BCUT2D eigenvalue weighted by Gasteiger charge is 2.09. The van der Waals surface area contributed by atoms with E-state index in [1.165, 1.54) is 0 Å². The summed E-state index contributed by atoms with van der Waals surface area (Å²) in [6, 6.07) is 17.8. The van der Waals surface area contributed by atoms with E-state index in [2.05, 4.69) is 40.8 Å². The lowest BCUT2D eigenvalue weighted by Crippen LogP contribution is -1.99. The van der Waals surface area contributed by atoms with Crippen molar-refractivity contribution in [2.45, 2.75) is 6.42 Å². The number of hydrogen-bond acceptors (Lipinski definition) is 1. The van der Waals surface area contributed by atoms with E-state index < -0.39 is 0 Å². The maximum absolute atomic E-state index is 4.79. The number of aliphatic imine (C=N–C) groups is 2. The fourth-order valence-corrected chi connectivity index (χ4v) is 2.67. The van der Waals surface area contributed by atoms with Crippen LogP contribution in [-0.4, -0.2) is 12.6 Å². The van der Waals surface area contributed by atoms with Crippen molar-refractivity contribution in [2.24, 2.45) is 9.98 Å². The highest BCUT2D eigenvalue weighted by atomic mass is 79.9. The standard InChI is InChI=1S/C21H19BrN2/c1-4-10-16(5-2)20(17-11-7-6-8-12-17)24-21(23-3)18-13-9-14-19(22)15-18/h4-9,11-15H,1-3,10H2/b20-16-,24-21?. The topological polar surface area (TPSA) is 24.7 Å². The van der Waals surface area contributed by atoms with Crippen LogP contribution in [0.15, 0.2) is 99.9 Å². The zero-order valence-electron chi connectivity index (χ0n) is 13.5. The van der Waals surface area contributed by atoms with Crippen molar-refractivity contribution in [3.05, 3.63) is 101 Å². The zero-order chi connectivity index (χ0) is 17.4. The van der Waals surface area contributed by atoms with E-state index in [0.29, 0.717) is 12.3 Å². The summed E-state index contributed by atoms with van der Waals surface area (Å²) in [6.07, 6.45) is 4.34. The normalized spacial score (nSPS) is 12.3. The number of benzene rings is 2. The van der Waals surface area contributed by atoms with Gasteiger partial charge in [-0.1, -0.05) is 77.1 Å². The minimum atomic E-state index is 0.568. The first-order valence-electron chi connectivity index (χ1n) is 7.53. The summed E-state index contributed by atoms with van der Waals surface area (Å²) in [6.45, 7) is 11.4. The Morgan fingerprint density at radius 1 is 1.00 bits per heavy atom. The molecule has 0 saturated carbocycles. The first-order valence-corrected chi connectivity index (χ1v) is 8.32. The summed E-state index contributed by atoms with van der Waals surface area (Å²) in [5.74, 6) is 0.568. The lowest BCUT2D eigenvalue weighted by atomic mass is 10.0. The third-order valence-electron chi connectivity index (χ3n) is 3.41. The Hall–Kier alpha value is -2.52. The van der Waals surface area contributed by atoms with E-state index in [9.17, 15) is 0 Å². The van der Waals surface area contributed by atoms with Crippen LogP contribution in [0.5, 0.6) is 0 Å². The smallest absolute Gasteiger partial charge is 0.159 e. The van der Waals surface area contributed by atoms with E-state index in [-0.39, 0.29) is 0 Å². The molecule has 2 nitrogen and oxygen atoms in total. The predicted octanol–water partition coefficient (Wildman–Crippen LogP) is 6.07. The average molecular weight is 379 g/mol. The summed E-state index contributed by atoms with van der Waals surface area (Å²) < 4.78 is 0.969. The number of rotatable bonds is 6. The summed E-state index contributed by atoms with van der Waals surface area (Å²) >= 11 is 3.48. The van der Waals surface area contributed by atoms with Crippen molar-refractivity contribution in [2.75, 3.05) is 0 Å². The van der Waals surface area contributed by atoms with E-state index in [4.69, 9.17) is 4.99 Å². The highest BCUT2D eigenvalue weighted by Crippen LogP contribution is 2.25. The van der Waals surface area contributed by atoms with Crippen LogP contribution < -0.4 is 0 Å². The molecule has 0 atom stereocenters. The van der Waals surface area contributed by atoms with Crippen molar-refractivity contribution in [1.82, 2.24) is 0 Å². The second-order valence-corrected chi connectivity index (χ2v) is 5.96. The van der Waals surface area contributed by atoms with Gasteiger partial charge in [0.2, 0.25) is 0 Å². The second kappa shape index (κ2) is 8.94. The van der Waals surface area contributed by atoms with Crippen molar-refractivity contribution < 1.29 is 0 Å². The molecule has 0 spiro atoms. The number of halogens is 1. The molecule has 0 N–H and O–H groups in total. The van der Waals surface area contributed by atoms with Gasteiger partial charge in [0.1, 0.15) is 0 Å². The van der Waals surface area contributed by atoms with Gasteiger partial charge in [-0.25, -0.2) is 9.98 Å². The summed E-state index contributed by atoms with van der Waals surface area (Å²) in [5.41, 5.74) is 3.72. The van der Waals surface area contributed by atoms with Crippen LogP contribution in [0.2, 0.25) is 0 Å². The number of allylic oxidation sites excluding steroid dienone is 3. The Balaban J connectivity index is 2.64. The Bertz CT molecular complexity index is 802. The molecule has 24 heavy (non-hydrogen) atoms. The van der Waals surface area contributed by atoms with Gasteiger partial charge < -0.3 is 0 Å². The first-order chi connectivity index (χ1) is 11.7. The second-order valence-electron chi connectivity index (χ2n) is 5.04. The Labute approximate surface area is 151 Å². The van der Waals surface area contributed by atoms with E-state index in [0.717, 1.165) is 26.9 Å². The van der Waals surface area contributed by atoms with Gasteiger partial charge in [-0.2, -0.15) is 0 Å². The molecule has 2 aromatic carbocycles. The third-order valence-corrected chi connectivity index (χ3v) is 3.91. The van der Waals surface area contributed by atoms with Crippen molar-refractivity contribution in [1.29, 1.82) is 0 Å². The molecule has 3 heteroatoms. The lowest BCUT2D eigenvalue weighted by Gasteiger charge is -2.10. The molecule has 0 amide bonds. The fourth-order valence-electron chi connectivity index (χ4n) is 2.27. The van der Waals surface area contributed by atoms with Crippen LogP contribution in [0.1, 0.15) is 17.5 Å². The van der Waals surface area contributed by atoms with Crippen molar-refractivity contribution >= 4 is 34.2 Å². The minimum absolute atomic E-state index is 0.568. The van der Waals surface area contributed by atoms with Crippen LogP contribution in [0.3, 0.4) is 0 Å². The minimum Gasteiger partial charge on any atom is -0.245 e. The van der Waals surface area contributed by atoms with Gasteiger partial charge in [0, 0.05) is 15.6 Å². The van der Waals surface area contributed by atoms with Gasteiger partial charge >= 0.3 is 0 Å². The molecule has 0 unspecified atom stereocenters. The Morgan fingerprint density at radius 2 is 1.71 bits per heavy atom. The molecule has 0 radical (unpaired) electrons. The summed E-state index contributed by atoms with van der Waals surface area (Å²) in [7, 11) is 0. The highest BCUT2D eigenvalue weighted by molar-refractivity contribution is 9.10. The molecule has 2 aromatic rings. The van der Waals surface area contributed by atoms with Gasteiger partial charge in [-0.05, 0) is 30.8 Å². The van der Waals surface area contributed by atoms with Crippen molar-refractivity contribution in [3.63, 3.8) is 0 Å². The van der Waals surface area contributed by atoms with Crippen LogP contribution in [0, 0.1) is 0 Å². The predicted molar refractivity (Wildman–Crippen MR) is 109 cm³/mol. The van der Waals surface area contributed by atoms with Crippen molar-refractivity contribution in [3.8, 4) is 0 Å². The first kappa shape index (κ1) is 17.8. The molecule has 0 aliphatic heterocycles. The van der Waals surface area contributed by atoms with Crippen LogP contribution in [0.4, 0.5) is 0 Å². The van der Waals surface area contributed by atoms with Gasteiger partial charge in [-0.15, -0.1) is 6.58 Å². The van der Waals surface area contributed by atoms with E-state index in [1.807, 2.05) is 66.7 Å². The largest absolute Gasteiger partial charge is 0.245 e. The number of amidine groups is 1. The maximum atomic E-state index is 4.79. The summed E-state index contributed by atoms with van der Waals surface area (Å²) in [4.78, 5) is 8.92. The molecule has 0 heterocycles. The Kier molecular flexibility index (Phi) is 6.64. The van der Waals surface area contributed by atoms with E-state index in [1.54, 1.807) is 0 Å². The van der Waals surface area contributed by atoms with Gasteiger partial charge in [0.15, 0.2) is 5.84 Å². The van der Waals surface area contributed by atoms with E-state index >= 15 is 0 Å². The third kappa shape index (κ3) is 4.49. The van der Waals surface area contributed by atoms with Gasteiger partial charge in [0.25, 0.3) is 0 Å². The molecule has 0 aliphatic carbocycles. The molecular weight excluding hydrogens is 360 g/mol. The van der Waals surface area contributed by atoms with Crippen LogP contribution in [0.25, 0.3) is 5.70 Å². The molecule has 0 saturated heterocycles. The molecule has 0 aromatic heterocycles. The zero-order valence-corrected chi connectivity index (χ0v) is 15.0.